The Morgan fingerprint density at radius 2 is 2.00 bits per heavy atom. The van der Waals surface area contributed by atoms with Gasteiger partial charge in [0.2, 0.25) is 0 Å². The van der Waals surface area contributed by atoms with Crippen molar-refractivity contribution in [1.29, 1.82) is 0 Å². The second kappa shape index (κ2) is 8.90. The van der Waals surface area contributed by atoms with Crippen LogP contribution in [0.15, 0.2) is 72.6 Å². The molecule has 1 aliphatic carbocycles. The van der Waals surface area contributed by atoms with Gasteiger partial charge in [0, 0.05) is 18.6 Å². The molecule has 0 fully saturated rings. The number of hydrogen-bond acceptors (Lipinski definition) is 4. The molecule has 4 rings (SSSR count). The molecule has 1 heterocycles. The Morgan fingerprint density at radius 3 is 2.80 bits per heavy atom. The summed E-state index contributed by atoms with van der Waals surface area (Å²) >= 11 is 5.81. The molecule has 3 aromatic rings. The molecule has 1 aliphatic rings. The van der Waals surface area contributed by atoms with E-state index in [1.54, 1.807) is 12.1 Å². The zero-order valence-corrected chi connectivity index (χ0v) is 17.6. The van der Waals surface area contributed by atoms with E-state index in [1.807, 2.05) is 31.4 Å². The van der Waals surface area contributed by atoms with Crippen molar-refractivity contribution in [3.8, 4) is 0 Å². The number of hydrogen-bond donors (Lipinski definition) is 2. The van der Waals surface area contributed by atoms with Crippen molar-refractivity contribution >= 4 is 28.1 Å². The van der Waals surface area contributed by atoms with Crippen molar-refractivity contribution < 1.29 is 9.23 Å². The summed E-state index contributed by atoms with van der Waals surface area (Å²) in [5.74, 6) is -0.260. The zero-order chi connectivity index (χ0) is 21.0. The van der Waals surface area contributed by atoms with Crippen LogP contribution in [-0.2, 0) is 16.9 Å². The molecule has 2 N–H and O–H groups in total. The maximum Gasteiger partial charge on any atom is 0.123 e. The summed E-state index contributed by atoms with van der Waals surface area (Å²) in [6.07, 6.45) is 6.86. The van der Waals surface area contributed by atoms with Gasteiger partial charge in [-0.2, -0.15) is 0 Å². The Bertz CT molecular complexity index is 1080. The lowest BCUT2D eigenvalue weighted by Gasteiger charge is -2.39. The summed E-state index contributed by atoms with van der Waals surface area (Å²) in [4.78, 5) is 11.2. The van der Waals surface area contributed by atoms with Crippen LogP contribution in [0.25, 0.3) is 10.9 Å². The fourth-order valence-electron chi connectivity index (χ4n) is 4.01. The van der Waals surface area contributed by atoms with Crippen LogP contribution in [0, 0.1) is 5.82 Å². The van der Waals surface area contributed by atoms with Gasteiger partial charge in [-0.15, -0.1) is 0 Å². The van der Waals surface area contributed by atoms with Crippen LogP contribution in [0.2, 0.25) is 0 Å². The van der Waals surface area contributed by atoms with E-state index in [0.717, 1.165) is 52.0 Å². The van der Waals surface area contributed by atoms with E-state index < -0.39 is 5.41 Å². The van der Waals surface area contributed by atoms with Crippen LogP contribution in [-0.4, -0.2) is 17.0 Å². The van der Waals surface area contributed by atoms with E-state index in [4.69, 9.17) is 17.1 Å². The Morgan fingerprint density at radius 1 is 1.20 bits per heavy atom. The maximum absolute atomic E-state index is 13.1. The number of pyridine rings is 1. The smallest absolute Gasteiger partial charge is 0.123 e. The zero-order valence-electron chi connectivity index (χ0n) is 16.8. The number of hydroxylamine groups is 1. The third-order valence-electron chi connectivity index (χ3n) is 5.60. The molecule has 0 saturated carbocycles. The lowest BCUT2D eigenvalue weighted by molar-refractivity contribution is 0.0409. The topological polar surface area (TPSA) is 46.2 Å². The van der Waals surface area contributed by atoms with Gasteiger partial charge in [0.1, 0.15) is 5.82 Å². The van der Waals surface area contributed by atoms with Gasteiger partial charge in [0.05, 0.1) is 28.2 Å². The van der Waals surface area contributed by atoms with Gasteiger partial charge in [-0.1, -0.05) is 48.6 Å². The second-order valence-electron chi connectivity index (χ2n) is 7.43. The van der Waals surface area contributed by atoms with Crippen LogP contribution >= 0.6 is 12.2 Å². The number of allylic oxidation sites excluding steroid dienone is 1. The van der Waals surface area contributed by atoms with Crippen molar-refractivity contribution in [2.75, 3.05) is 7.05 Å². The molecule has 1 atom stereocenters. The minimum atomic E-state index is -0.540. The Hall–Kier alpha value is -2.83. The molecule has 2 aromatic carbocycles. The molecule has 4 nitrogen and oxygen atoms in total. The monoisotopic (exact) mass is 421 g/mol. The molecule has 0 saturated heterocycles. The Kier molecular flexibility index (Phi) is 6.06. The number of nitrogens with one attached hydrogen (secondary N) is 2. The third-order valence-corrected chi connectivity index (χ3v) is 6.15. The van der Waals surface area contributed by atoms with Crippen molar-refractivity contribution in [1.82, 2.24) is 15.8 Å². The number of aromatic nitrogens is 1. The van der Waals surface area contributed by atoms with Gasteiger partial charge in [-0.25, -0.2) is 4.39 Å². The summed E-state index contributed by atoms with van der Waals surface area (Å²) in [7, 11) is 1.85. The van der Waals surface area contributed by atoms with Gasteiger partial charge in [0.25, 0.3) is 0 Å². The first-order valence-electron chi connectivity index (χ1n) is 10.0. The highest BCUT2D eigenvalue weighted by Gasteiger charge is 2.42. The number of thiocarbonyl (C=S) groups is 1. The SMILES string of the molecule is CNC(=S)C1(c2cnc3ccccc3c2)CCCC=C1NOCc1ccc(F)cc1. The fraction of sp³-hybridized carbons (Fsp3) is 0.250. The fourth-order valence-corrected chi connectivity index (χ4v) is 4.34. The molecule has 1 unspecified atom stereocenters. The van der Waals surface area contributed by atoms with Crippen molar-refractivity contribution in [2.24, 2.45) is 0 Å². The quantitative estimate of drug-likeness (QED) is 0.436. The first-order chi connectivity index (χ1) is 14.6. The largest absolute Gasteiger partial charge is 0.382 e. The minimum Gasteiger partial charge on any atom is -0.382 e. The average Bonchev–Trinajstić information content (AvgIpc) is 2.80. The van der Waals surface area contributed by atoms with E-state index in [2.05, 4.69) is 34.0 Å². The van der Waals surface area contributed by atoms with Gasteiger partial charge >= 0.3 is 0 Å². The molecular weight excluding hydrogens is 397 g/mol. The number of likely N-dealkylation sites (N-methyl/N-ethyl adjacent to an activating group) is 1. The summed E-state index contributed by atoms with van der Waals surface area (Å²) in [6.45, 7) is 0.315. The second-order valence-corrected chi connectivity index (χ2v) is 7.84. The summed E-state index contributed by atoms with van der Waals surface area (Å²) in [5, 5.41) is 4.27. The van der Waals surface area contributed by atoms with E-state index >= 15 is 0 Å². The number of halogens is 1. The van der Waals surface area contributed by atoms with Crippen molar-refractivity contribution in [3.63, 3.8) is 0 Å². The van der Waals surface area contributed by atoms with Crippen LogP contribution < -0.4 is 10.8 Å². The third kappa shape index (κ3) is 3.93. The molecule has 154 valence electrons. The molecule has 6 heteroatoms. The highest BCUT2D eigenvalue weighted by atomic mass is 32.1. The van der Waals surface area contributed by atoms with Gasteiger partial charge < -0.3 is 5.32 Å². The molecule has 1 aromatic heterocycles. The van der Waals surface area contributed by atoms with Crippen molar-refractivity contribution in [3.05, 3.63) is 89.5 Å². The van der Waals surface area contributed by atoms with E-state index in [1.165, 1.54) is 12.1 Å². The number of nitrogens with zero attached hydrogens (tertiary/aromatic N) is 1. The predicted molar refractivity (Wildman–Crippen MR) is 121 cm³/mol. The number of para-hydroxylation sites is 1. The number of fused-ring (bicyclic) bond motifs is 1. The molecular formula is C24H24FN3OS. The van der Waals surface area contributed by atoms with Crippen LogP contribution in [0.5, 0.6) is 0 Å². The van der Waals surface area contributed by atoms with Gasteiger partial charge in [-0.3, -0.25) is 15.3 Å². The number of rotatable bonds is 6. The predicted octanol–water partition coefficient (Wildman–Crippen LogP) is 4.95. The first-order valence-corrected chi connectivity index (χ1v) is 10.4. The molecule has 0 spiro atoms. The molecule has 0 bridgehead atoms. The lowest BCUT2D eigenvalue weighted by Crippen LogP contribution is -2.48. The van der Waals surface area contributed by atoms with E-state index in [0.29, 0.717) is 6.61 Å². The average molecular weight is 422 g/mol. The first kappa shape index (κ1) is 20.4. The normalized spacial score (nSPS) is 18.7. The van der Waals surface area contributed by atoms with Gasteiger partial charge in [0.15, 0.2) is 0 Å². The van der Waals surface area contributed by atoms with Crippen LogP contribution in [0.1, 0.15) is 30.4 Å². The summed E-state index contributed by atoms with van der Waals surface area (Å²) < 4.78 is 13.1. The summed E-state index contributed by atoms with van der Waals surface area (Å²) in [6, 6.07) is 16.5. The Labute approximate surface area is 181 Å². The number of benzene rings is 2. The van der Waals surface area contributed by atoms with Gasteiger partial charge in [-0.05, 0) is 54.7 Å². The van der Waals surface area contributed by atoms with E-state index in [-0.39, 0.29) is 5.82 Å². The highest BCUT2D eigenvalue weighted by molar-refractivity contribution is 7.80. The minimum absolute atomic E-state index is 0.260. The van der Waals surface area contributed by atoms with Crippen molar-refractivity contribution in [2.45, 2.75) is 31.3 Å². The Balaban J connectivity index is 1.65. The molecule has 0 aliphatic heterocycles. The van der Waals surface area contributed by atoms with Crippen LogP contribution in [0.3, 0.4) is 0 Å². The summed E-state index contributed by atoms with van der Waals surface area (Å²) in [5.41, 5.74) is 6.39. The lowest BCUT2D eigenvalue weighted by atomic mass is 9.71. The molecule has 30 heavy (non-hydrogen) atoms. The molecule has 0 radical (unpaired) electrons. The van der Waals surface area contributed by atoms with E-state index in [9.17, 15) is 4.39 Å². The maximum atomic E-state index is 13.1. The van der Waals surface area contributed by atoms with Crippen LogP contribution in [0.4, 0.5) is 4.39 Å². The standard InChI is InChI=1S/C24H24FN3OS/c1-26-23(30)24(19-14-18-6-2-3-7-21(18)27-15-19)13-5-4-8-22(24)28-29-16-17-9-11-20(25)12-10-17/h2-3,6-12,14-15,28H,4-5,13,16H2,1H3,(H,26,30). The highest BCUT2D eigenvalue weighted by Crippen LogP contribution is 2.41. The molecule has 0 amide bonds.